The third-order valence-corrected chi connectivity index (χ3v) is 3.07. The van der Waals surface area contributed by atoms with E-state index in [0.717, 1.165) is 11.4 Å². The van der Waals surface area contributed by atoms with Crippen LogP contribution in [0.2, 0.25) is 0 Å². The highest BCUT2D eigenvalue weighted by atomic mass is 16.3. The molecule has 3 rings (SSSR count). The Morgan fingerprint density at radius 2 is 0.800 bits per heavy atom. The van der Waals surface area contributed by atoms with Crippen LogP contribution in [0.3, 0.4) is 0 Å². The fraction of sp³-hybridized carbons (Fsp3) is 0. The molecule has 0 aromatic heterocycles. The molecule has 2 aromatic carbocycles. The second kappa shape index (κ2) is 5.01. The van der Waals surface area contributed by atoms with Gasteiger partial charge >= 0.3 is 0 Å². The van der Waals surface area contributed by atoms with Crippen LogP contribution in [0.25, 0.3) is 0 Å². The fourth-order valence-electron chi connectivity index (χ4n) is 1.98. The fourth-order valence-corrected chi connectivity index (χ4v) is 1.98. The third kappa shape index (κ3) is 2.44. The van der Waals surface area contributed by atoms with Gasteiger partial charge in [-0.1, -0.05) is 0 Å². The summed E-state index contributed by atoms with van der Waals surface area (Å²) < 4.78 is 0. The predicted octanol–water partition coefficient (Wildman–Crippen LogP) is 3.37. The Kier molecular flexibility index (Phi) is 3.05. The molecular formula is C16H14N2O2. The van der Waals surface area contributed by atoms with Gasteiger partial charge < -0.3 is 20.0 Å². The quantitative estimate of drug-likeness (QED) is 0.875. The van der Waals surface area contributed by atoms with Gasteiger partial charge in [-0.05, 0) is 48.5 Å². The molecule has 0 radical (unpaired) electrons. The van der Waals surface area contributed by atoms with E-state index in [1.165, 1.54) is 0 Å². The van der Waals surface area contributed by atoms with E-state index in [2.05, 4.69) is 0 Å². The van der Waals surface area contributed by atoms with Crippen molar-refractivity contribution in [3.05, 3.63) is 73.3 Å². The molecule has 1 heterocycles. The summed E-state index contributed by atoms with van der Waals surface area (Å²) in [5, 5.41) is 18.6. The molecule has 0 unspecified atom stereocenters. The minimum atomic E-state index is 0.254. The zero-order chi connectivity index (χ0) is 13.9. The first kappa shape index (κ1) is 12.2. The highest BCUT2D eigenvalue weighted by Gasteiger charge is 2.07. The van der Waals surface area contributed by atoms with Crippen LogP contribution < -0.4 is 9.80 Å². The van der Waals surface area contributed by atoms with E-state index >= 15 is 0 Å². The molecule has 0 atom stereocenters. The average Bonchev–Trinajstić information content (AvgIpc) is 2.49. The summed E-state index contributed by atoms with van der Waals surface area (Å²) in [5.74, 6) is 0.508. The van der Waals surface area contributed by atoms with Crippen molar-refractivity contribution in [2.24, 2.45) is 0 Å². The van der Waals surface area contributed by atoms with Crippen molar-refractivity contribution in [3.8, 4) is 11.5 Å². The van der Waals surface area contributed by atoms with Gasteiger partial charge in [-0.25, -0.2) is 0 Å². The molecule has 0 aliphatic carbocycles. The van der Waals surface area contributed by atoms with E-state index in [-0.39, 0.29) is 11.5 Å². The minimum absolute atomic E-state index is 0.254. The van der Waals surface area contributed by atoms with Crippen molar-refractivity contribution in [2.45, 2.75) is 0 Å². The van der Waals surface area contributed by atoms with Crippen molar-refractivity contribution >= 4 is 11.4 Å². The number of nitrogens with zero attached hydrogens (tertiary/aromatic N) is 2. The summed E-state index contributed by atoms with van der Waals surface area (Å²) in [5.41, 5.74) is 1.95. The Bertz CT molecular complexity index is 574. The summed E-state index contributed by atoms with van der Waals surface area (Å²) in [7, 11) is 0. The highest BCUT2D eigenvalue weighted by Crippen LogP contribution is 2.24. The van der Waals surface area contributed by atoms with Crippen LogP contribution in [0, 0.1) is 0 Å². The average molecular weight is 266 g/mol. The molecule has 0 bridgehead atoms. The third-order valence-electron chi connectivity index (χ3n) is 3.07. The molecule has 0 amide bonds. The van der Waals surface area contributed by atoms with Crippen LogP contribution in [0.15, 0.2) is 73.3 Å². The summed E-state index contributed by atoms with van der Waals surface area (Å²) in [6, 6.07) is 14.0. The summed E-state index contributed by atoms with van der Waals surface area (Å²) in [4.78, 5) is 3.91. The van der Waals surface area contributed by atoms with Gasteiger partial charge in [-0.3, -0.25) is 0 Å². The Morgan fingerprint density at radius 1 is 0.500 bits per heavy atom. The molecule has 0 saturated heterocycles. The number of rotatable bonds is 2. The summed E-state index contributed by atoms with van der Waals surface area (Å²) in [6.07, 6.45) is 7.72. The topological polar surface area (TPSA) is 46.9 Å². The van der Waals surface area contributed by atoms with Crippen molar-refractivity contribution in [2.75, 3.05) is 9.80 Å². The lowest BCUT2D eigenvalue weighted by Gasteiger charge is -2.25. The lowest BCUT2D eigenvalue weighted by molar-refractivity contribution is 0.475. The highest BCUT2D eigenvalue weighted by molar-refractivity contribution is 5.60. The van der Waals surface area contributed by atoms with Crippen molar-refractivity contribution in [3.63, 3.8) is 0 Å². The Labute approximate surface area is 117 Å². The maximum atomic E-state index is 9.28. The van der Waals surface area contributed by atoms with Crippen LogP contribution in [0.1, 0.15) is 0 Å². The molecule has 0 fully saturated rings. The van der Waals surface area contributed by atoms with Crippen LogP contribution in [-0.4, -0.2) is 10.2 Å². The van der Waals surface area contributed by atoms with Crippen LogP contribution in [0.4, 0.5) is 11.4 Å². The lowest BCUT2D eigenvalue weighted by atomic mass is 10.2. The van der Waals surface area contributed by atoms with Crippen LogP contribution in [0.5, 0.6) is 11.5 Å². The number of phenols is 2. The number of benzene rings is 2. The van der Waals surface area contributed by atoms with Crippen LogP contribution in [-0.2, 0) is 0 Å². The molecular weight excluding hydrogens is 252 g/mol. The Morgan fingerprint density at radius 3 is 1.10 bits per heavy atom. The zero-order valence-corrected chi connectivity index (χ0v) is 10.7. The van der Waals surface area contributed by atoms with E-state index in [4.69, 9.17) is 0 Å². The number of aromatic hydroxyl groups is 2. The molecule has 2 N–H and O–H groups in total. The van der Waals surface area contributed by atoms with Gasteiger partial charge in [0, 0.05) is 36.2 Å². The van der Waals surface area contributed by atoms with Gasteiger partial charge in [0.25, 0.3) is 0 Å². The molecule has 100 valence electrons. The summed E-state index contributed by atoms with van der Waals surface area (Å²) in [6.45, 7) is 0. The first-order chi connectivity index (χ1) is 9.72. The monoisotopic (exact) mass is 266 g/mol. The molecule has 0 saturated carbocycles. The largest absolute Gasteiger partial charge is 0.508 e. The van der Waals surface area contributed by atoms with Gasteiger partial charge in [-0.15, -0.1) is 0 Å². The first-order valence-corrected chi connectivity index (χ1v) is 6.24. The number of phenolic OH excluding ortho intramolecular Hbond substituents is 2. The first-order valence-electron chi connectivity index (χ1n) is 6.24. The lowest BCUT2D eigenvalue weighted by Crippen LogP contribution is -2.18. The molecule has 4 nitrogen and oxygen atoms in total. The van der Waals surface area contributed by atoms with E-state index in [9.17, 15) is 10.2 Å². The second-order valence-electron chi connectivity index (χ2n) is 4.44. The van der Waals surface area contributed by atoms with E-state index < -0.39 is 0 Å². The van der Waals surface area contributed by atoms with Crippen LogP contribution >= 0.6 is 0 Å². The molecule has 0 spiro atoms. The van der Waals surface area contributed by atoms with Gasteiger partial charge in [0.05, 0.1) is 0 Å². The van der Waals surface area contributed by atoms with Crippen molar-refractivity contribution in [1.29, 1.82) is 0 Å². The normalized spacial score (nSPS) is 13.8. The van der Waals surface area contributed by atoms with Gasteiger partial charge in [0.1, 0.15) is 11.5 Å². The minimum Gasteiger partial charge on any atom is -0.508 e. The van der Waals surface area contributed by atoms with Crippen molar-refractivity contribution < 1.29 is 10.2 Å². The number of anilines is 2. The standard InChI is InChI=1S/C16H14N2O2/c19-15-5-1-13(2-6-15)17-9-11-18(12-10-17)14-3-7-16(20)8-4-14/h1-12,19-20H. The maximum absolute atomic E-state index is 9.28. The molecule has 2 aromatic rings. The molecule has 20 heavy (non-hydrogen) atoms. The Balaban J connectivity index is 1.77. The van der Waals surface area contributed by atoms with E-state index in [1.807, 2.05) is 58.9 Å². The van der Waals surface area contributed by atoms with Gasteiger partial charge in [0.2, 0.25) is 0 Å². The Hall–Kier alpha value is -2.88. The molecule has 4 heteroatoms. The van der Waals surface area contributed by atoms with Gasteiger partial charge in [0.15, 0.2) is 0 Å². The second-order valence-corrected chi connectivity index (χ2v) is 4.44. The molecule has 1 aliphatic rings. The maximum Gasteiger partial charge on any atom is 0.115 e. The van der Waals surface area contributed by atoms with Gasteiger partial charge in [-0.2, -0.15) is 0 Å². The zero-order valence-electron chi connectivity index (χ0n) is 10.7. The number of hydrogen-bond donors (Lipinski definition) is 2. The molecule has 1 aliphatic heterocycles. The SMILES string of the molecule is Oc1ccc(N2C=CN(c3ccc(O)cc3)C=C2)cc1. The number of hydrogen-bond acceptors (Lipinski definition) is 4. The summed E-state index contributed by atoms with van der Waals surface area (Å²) >= 11 is 0. The van der Waals surface area contributed by atoms with E-state index in [0.29, 0.717) is 0 Å². The van der Waals surface area contributed by atoms with E-state index in [1.54, 1.807) is 24.3 Å². The van der Waals surface area contributed by atoms with Crippen molar-refractivity contribution in [1.82, 2.24) is 0 Å². The predicted molar refractivity (Wildman–Crippen MR) is 79.5 cm³/mol. The smallest absolute Gasteiger partial charge is 0.115 e.